The van der Waals surface area contributed by atoms with Gasteiger partial charge in [-0.25, -0.2) is 0 Å². The summed E-state index contributed by atoms with van der Waals surface area (Å²) in [6, 6.07) is 7.93. The van der Waals surface area contributed by atoms with Gasteiger partial charge in [-0.1, -0.05) is 24.3 Å². The maximum Gasteiger partial charge on any atom is 0.108 e. The van der Waals surface area contributed by atoms with Crippen molar-refractivity contribution in [2.24, 2.45) is 0 Å². The first-order valence-corrected chi connectivity index (χ1v) is 4.43. The van der Waals surface area contributed by atoms with Crippen molar-refractivity contribution in [3.63, 3.8) is 0 Å². The molecule has 0 aromatic heterocycles. The van der Waals surface area contributed by atoms with Crippen LogP contribution in [0.3, 0.4) is 0 Å². The van der Waals surface area contributed by atoms with Crippen LogP contribution in [0.2, 0.25) is 0 Å². The van der Waals surface area contributed by atoms with Crippen LogP contribution in [0, 0.1) is 6.92 Å². The lowest BCUT2D eigenvalue weighted by molar-refractivity contribution is -0.00384. The van der Waals surface area contributed by atoms with Crippen LogP contribution in [0.1, 0.15) is 24.2 Å². The fraction of sp³-hybridized carbons (Fsp3) is 0.455. The van der Waals surface area contributed by atoms with Gasteiger partial charge in [-0.3, -0.25) is 0 Å². The molecule has 0 heterocycles. The third kappa shape index (κ3) is 2.29. The minimum absolute atomic E-state index is 0.221. The molecule has 0 spiro atoms. The number of aliphatic hydroxyl groups is 1. The second-order valence-electron chi connectivity index (χ2n) is 3.25. The van der Waals surface area contributed by atoms with Gasteiger partial charge < -0.3 is 9.84 Å². The summed E-state index contributed by atoms with van der Waals surface area (Å²) in [7, 11) is 1.61. The molecule has 13 heavy (non-hydrogen) atoms. The van der Waals surface area contributed by atoms with Gasteiger partial charge in [0.1, 0.15) is 6.10 Å². The first kappa shape index (κ1) is 10.2. The van der Waals surface area contributed by atoms with Gasteiger partial charge in [0.05, 0.1) is 6.10 Å². The van der Waals surface area contributed by atoms with Crippen molar-refractivity contribution in [1.82, 2.24) is 0 Å². The molecule has 2 nitrogen and oxygen atoms in total. The molecule has 0 bridgehead atoms. The zero-order chi connectivity index (χ0) is 9.84. The lowest BCUT2D eigenvalue weighted by atomic mass is 10.0. The molecule has 0 radical (unpaired) electrons. The molecule has 0 aliphatic carbocycles. The van der Waals surface area contributed by atoms with Gasteiger partial charge in [-0.15, -0.1) is 0 Å². The summed E-state index contributed by atoms with van der Waals surface area (Å²) in [5.74, 6) is 0. The summed E-state index contributed by atoms with van der Waals surface area (Å²) < 4.78 is 5.23. The molecular weight excluding hydrogens is 164 g/mol. The van der Waals surface area contributed by atoms with Gasteiger partial charge >= 0.3 is 0 Å². The third-order valence-electron chi connectivity index (χ3n) is 2.19. The molecule has 0 aliphatic rings. The summed E-state index contributed by atoms with van der Waals surface area (Å²) in [6.07, 6.45) is -0.702. The Labute approximate surface area is 79.2 Å². The average Bonchev–Trinajstić information content (AvgIpc) is 2.09. The Morgan fingerprint density at radius 3 is 2.38 bits per heavy atom. The Bertz CT molecular complexity index is 269. The Hall–Kier alpha value is -0.860. The monoisotopic (exact) mass is 180 g/mol. The Morgan fingerprint density at radius 2 is 1.92 bits per heavy atom. The Morgan fingerprint density at radius 1 is 1.31 bits per heavy atom. The highest BCUT2D eigenvalue weighted by molar-refractivity contribution is 5.28. The second kappa shape index (κ2) is 4.40. The van der Waals surface area contributed by atoms with Crippen LogP contribution in [-0.2, 0) is 4.74 Å². The fourth-order valence-electron chi connectivity index (χ4n) is 1.49. The molecule has 2 unspecified atom stereocenters. The molecule has 0 fully saturated rings. The van der Waals surface area contributed by atoms with Crippen LogP contribution in [0.25, 0.3) is 0 Å². The first-order valence-electron chi connectivity index (χ1n) is 4.43. The number of benzene rings is 1. The maximum absolute atomic E-state index is 9.47. The van der Waals surface area contributed by atoms with E-state index >= 15 is 0 Å². The molecule has 0 amide bonds. The molecule has 0 aliphatic heterocycles. The predicted octanol–water partition coefficient (Wildman–Crippen LogP) is 2.06. The molecule has 2 heteroatoms. The Balaban J connectivity index is 2.97. The Kier molecular flexibility index (Phi) is 3.46. The quantitative estimate of drug-likeness (QED) is 0.771. The summed E-state index contributed by atoms with van der Waals surface area (Å²) in [6.45, 7) is 3.75. The van der Waals surface area contributed by atoms with Crippen molar-refractivity contribution < 1.29 is 9.84 Å². The van der Waals surface area contributed by atoms with Crippen LogP contribution in [-0.4, -0.2) is 18.3 Å². The number of aryl methyl sites for hydroxylation is 1. The van der Waals surface area contributed by atoms with Crippen molar-refractivity contribution in [2.45, 2.75) is 26.1 Å². The highest BCUT2D eigenvalue weighted by atomic mass is 16.5. The van der Waals surface area contributed by atoms with Gasteiger partial charge in [0.25, 0.3) is 0 Å². The summed E-state index contributed by atoms with van der Waals surface area (Å²) in [5, 5.41) is 9.47. The number of aliphatic hydroxyl groups excluding tert-OH is 1. The standard InChI is InChI=1S/C11H16O2/c1-8-6-4-5-7-10(8)11(13-3)9(2)12/h4-7,9,11-12H,1-3H3. The zero-order valence-electron chi connectivity index (χ0n) is 8.32. The second-order valence-corrected chi connectivity index (χ2v) is 3.25. The summed E-state index contributed by atoms with van der Waals surface area (Å²) in [4.78, 5) is 0. The van der Waals surface area contributed by atoms with Crippen LogP contribution < -0.4 is 0 Å². The molecule has 0 saturated carbocycles. The lowest BCUT2D eigenvalue weighted by Crippen LogP contribution is -2.17. The van der Waals surface area contributed by atoms with Gasteiger partial charge in [0, 0.05) is 7.11 Å². The van der Waals surface area contributed by atoms with Crippen molar-refractivity contribution in [1.29, 1.82) is 0 Å². The number of ether oxygens (including phenoxy) is 1. The van der Waals surface area contributed by atoms with E-state index in [9.17, 15) is 5.11 Å². The van der Waals surface area contributed by atoms with Crippen molar-refractivity contribution in [2.75, 3.05) is 7.11 Å². The molecule has 2 atom stereocenters. The molecule has 72 valence electrons. The minimum Gasteiger partial charge on any atom is -0.390 e. The van der Waals surface area contributed by atoms with Crippen LogP contribution >= 0.6 is 0 Å². The minimum atomic E-state index is -0.480. The number of hydrogen-bond acceptors (Lipinski definition) is 2. The SMILES string of the molecule is COC(c1ccccc1C)C(C)O. The average molecular weight is 180 g/mol. The van der Waals surface area contributed by atoms with E-state index in [0.29, 0.717) is 0 Å². The fourth-order valence-corrected chi connectivity index (χ4v) is 1.49. The molecular formula is C11H16O2. The smallest absolute Gasteiger partial charge is 0.108 e. The molecule has 1 aromatic carbocycles. The number of methoxy groups -OCH3 is 1. The van der Waals surface area contributed by atoms with Crippen LogP contribution in [0.15, 0.2) is 24.3 Å². The maximum atomic E-state index is 9.47. The molecule has 1 aromatic rings. The number of hydrogen-bond donors (Lipinski definition) is 1. The van der Waals surface area contributed by atoms with Gasteiger partial charge in [-0.2, -0.15) is 0 Å². The van der Waals surface area contributed by atoms with E-state index in [2.05, 4.69) is 0 Å². The number of rotatable bonds is 3. The lowest BCUT2D eigenvalue weighted by Gasteiger charge is -2.20. The van der Waals surface area contributed by atoms with E-state index in [1.165, 1.54) is 0 Å². The zero-order valence-corrected chi connectivity index (χ0v) is 8.32. The third-order valence-corrected chi connectivity index (χ3v) is 2.19. The van der Waals surface area contributed by atoms with E-state index in [4.69, 9.17) is 4.74 Å². The summed E-state index contributed by atoms with van der Waals surface area (Å²) >= 11 is 0. The van der Waals surface area contributed by atoms with Gasteiger partial charge in [-0.05, 0) is 25.0 Å². The van der Waals surface area contributed by atoms with E-state index < -0.39 is 6.10 Å². The largest absolute Gasteiger partial charge is 0.390 e. The van der Waals surface area contributed by atoms with Crippen molar-refractivity contribution >= 4 is 0 Å². The highest BCUT2D eigenvalue weighted by Gasteiger charge is 2.17. The summed E-state index contributed by atoms with van der Waals surface area (Å²) in [5.41, 5.74) is 2.20. The van der Waals surface area contributed by atoms with Gasteiger partial charge in [0.15, 0.2) is 0 Å². The van der Waals surface area contributed by atoms with Crippen LogP contribution in [0.5, 0.6) is 0 Å². The van der Waals surface area contributed by atoms with Gasteiger partial charge in [0.2, 0.25) is 0 Å². The molecule has 1 N–H and O–H groups in total. The topological polar surface area (TPSA) is 29.5 Å². The highest BCUT2D eigenvalue weighted by Crippen LogP contribution is 2.23. The van der Waals surface area contributed by atoms with E-state index in [0.717, 1.165) is 11.1 Å². The van der Waals surface area contributed by atoms with E-state index in [-0.39, 0.29) is 6.10 Å². The molecule has 0 saturated heterocycles. The van der Waals surface area contributed by atoms with E-state index in [1.54, 1.807) is 14.0 Å². The molecule has 1 rings (SSSR count). The normalized spacial score (nSPS) is 15.4. The van der Waals surface area contributed by atoms with E-state index in [1.807, 2.05) is 31.2 Å². The first-order chi connectivity index (χ1) is 6.16. The predicted molar refractivity (Wildman–Crippen MR) is 52.6 cm³/mol. The van der Waals surface area contributed by atoms with Crippen molar-refractivity contribution in [3.8, 4) is 0 Å². The van der Waals surface area contributed by atoms with Crippen LogP contribution in [0.4, 0.5) is 0 Å². The van der Waals surface area contributed by atoms with Crippen molar-refractivity contribution in [3.05, 3.63) is 35.4 Å².